The molecule has 1 amide bonds. The second-order valence-corrected chi connectivity index (χ2v) is 4.68. The molecule has 1 aromatic carbocycles. The lowest BCUT2D eigenvalue weighted by Gasteiger charge is -2.33. The molecule has 1 heterocycles. The number of amides is 1. The monoisotopic (exact) mass is 300 g/mol. The summed E-state index contributed by atoms with van der Waals surface area (Å²) in [6, 6.07) is 6.38. The first-order valence-corrected chi connectivity index (χ1v) is 6.69. The van der Waals surface area contributed by atoms with Gasteiger partial charge >= 0.3 is 6.61 Å². The maximum Gasteiger partial charge on any atom is 0.387 e. The molecule has 1 aromatic rings. The van der Waals surface area contributed by atoms with Gasteiger partial charge in [-0.15, -0.1) is 0 Å². The molecule has 1 saturated heterocycles. The Balaban J connectivity index is 2.05. The summed E-state index contributed by atoms with van der Waals surface area (Å²) in [5, 5.41) is 2.81. The van der Waals surface area contributed by atoms with Crippen LogP contribution < -0.4 is 10.1 Å². The number of nitrogens with one attached hydrogen (secondary N) is 1. The quantitative estimate of drug-likeness (QED) is 0.893. The van der Waals surface area contributed by atoms with Gasteiger partial charge in [0.25, 0.3) is 0 Å². The Labute approximate surface area is 121 Å². The van der Waals surface area contributed by atoms with Crippen molar-refractivity contribution in [2.24, 2.45) is 0 Å². The van der Waals surface area contributed by atoms with E-state index in [0.29, 0.717) is 19.7 Å². The highest BCUT2D eigenvalue weighted by molar-refractivity contribution is 5.78. The largest absolute Gasteiger partial charge is 0.435 e. The smallest absolute Gasteiger partial charge is 0.387 e. The van der Waals surface area contributed by atoms with Crippen molar-refractivity contribution < 1.29 is 23.0 Å². The molecule has 116 valence electrons. The van der Waals surface area contributed by atoms with Crippen molar-refractivity contribution in [2.45, 2.75) is 12.7 Å². The van der Waals surface area contributed by atoms with E-state index in [0.717, 1.165) is 5.56 Å². The summed E-state index contributed by atoms with van der Waals surface area (Å²) in [5.74, 6) is 0.0792. The average Bonchev–Trinajstić information content (AvgIpc) is 2.47. The maximum absolute atomic E-state index is 12.2. The van der Waals surface area contributed by atoms with Crippen LogP contribution in [0.3, 0.4) is 0 Å². The van der Waals surface area contributed by atoms with Gasteiger partial charge in [0.2, 0.25) is 5.91 Å². The SMILES string of the molecule is CNCC(=O)N1CCOC(c2cccc(OC(F)F)c2)C1. The fourth-order valence-corrected chi connectivity index (χ4v) is 2.23. The van der Waals surface area contributed by atoms with Crippen molar-refractivity contribution in [3.05, 3.63) is 29.8 Å². The second-order valence-electron chi connectivity index (χ2n) is 4.68. The zero-order valence-corrected chi connectivity index (χ0v) is 11.7. The van der Waals surface area contributed by atoms with E-state index >= 15 is 0 Å². The van der Waals surface area contributed by atoms with Gasteiger partial charge in [-0.2, -0.15) is 8.78 Å². The van der Waals surface area contributed by atoms with Crippen LogP contribution in [0.1, 0.15) is 11.7 Å². The van der Waals surface area contributed by atoms with E-state index in [4.69, 9.17) is 4.74 Å². The third-order valence-corrected chi connectivity index (χ3v) is 3.20. The molecule has 1 aliphatic rings. The van der Waals surface area contributed by atoms with Crippen LogP contribution in [0.15, 0.2) is 24.3 Å². The summed E-state index contributed by atoms with van der Waals surface area (Å²) in [5.41, 5.74) is 0.718. The summed E-state index contributed by atoms with van der Waals surface area (Å²) in [6.07, 6.45) is -0.333. The van der Waals surface area contributed by atoms with Crippen LogP contribution in [-0.4, -0.2) is 50.7 Å². The van der Waals surface area contributed by atoms with Crippen molar-refractivity contribution in [2.75, 3.05) is 33.3 Å². The fraction of sp³-hybridized carbons (Fsp3) is 0.500. The Morgan fingerprint density at radius 1 is 1.57 bits per heavy atom. The molecule has 0 aliphatic carbocycles. The lowest BCUT2D eigenvalue weighted by Crippen LogP contribution is -2.45. The number of nitrogens with zero attached hydrogens (tertiary/aromatic N) is 1. The third-order valence-electron chi connectivity index (χ3n) is 3.20. The van der Waals surface area contributed by atoms with Gasteiger partial charge in [0.1, 0.15) is 11.9 Å². The van der Waals surface area contributed by atoms with Gasteiger partial charge in [-0.3, -0.25) is 4.79 Å². The van der Waals surface area contributed by atoms with Crippen LogP contribution in [-0.2, 0) is 9.53 Å². The van der Waals surface area contributed by atoms with Crippen molar-refractivity contribution in [3.63, 3.8) is 0 Å². The molecule has 1 unspecified atom stereocenters. The summed E-state index contributed by atoms with van der Waals surface area (Å²) in [7, 11) is 1.71. The van der Waals surface area contributed by atoms with E-state index in [-0.39, 0.29) is 24.3 Å². The third kappa shape index (κ3) is 4.37. The van der Waals surface area contributed by atoms with Gasteiger partial charge in [-0.1, -0.05) is 12.1 Å². The Morgan fingerprint density at radius 3 is 3.10 bits per heavy atom. The Hall–Kier alpha value is -1.73. The van der Waals surface area contributed by atoms with Crippen molar-refractivity contribution in [1.82, 2.24) is 10.2 Å². The highest BCUT2D eigenvalue weighted by Crippen LogP contribution is 2.26. The average molecular weight is 300 g/mol. The molecule has 1 atom stereocenters. The number of hydrogen-bond acceptors (Lipinski definition) is 4. The molecule has 0 bridgehead atoms. The number of carbonyl (C=O) groups excluding carboxylic acids is 1. The zero-order valence-electron chi connectivity index (χ0n) is 11.7. The molecule has 21 heavy (non-hydrogen) atoms. The second kappa shape index (κ2) is 7.33. The lowest BCUT2D eigenvalue weighted by molar-refractivity contribution is -0.137. The first kappa shape index (κ1) is 15.7. The first-order chi connectivity index (χ1) is 10.1. The van der Waals surface area contributed by atoms with Crippen molar-refractivity contribution >= 4 is 5.91 Å². The summed E-state index contributed by atoms with van der Waals surface area (Å²) in [6.45, 7) is -1.24. The van der Waals surface area contributed by atoms with E-state index in [9.17, 15) is 13.6 Å². The topological polar surface area (TPSA) is 50.8 Å². The van der Waals surface area contributed by atoms with E-state index in [2.05, 4.69) is 10.1 Å². The predicted molar refractivity (Wildman–Crippen MR) is 72.3 cm³/mol. The zero-order chi connectivity index (χ0) is 15.2. The van der Waals surface area contributed by atoms with Crippen LogP contribution in [0, 0.1) is 0 Å². The number of rotatable bonds is 5. The molecule has 5 nitrogen and oxygen atoms in total. The van der Waals surface area contributed by atoms with Gasteiger partial charge in [-0.05, 0) is 24.7 Å². The molecule has 0 spiro atoms. The first-order valence-electron chi connectivity index (χ1n) is 6.69. The molecule has 1 N–H and O–H groups in total. The van der Waals surface area contributed by atoms with Crippen molar-refractivity contribution in [1.29, 1.82) is 0 Å². The van der Waals surface area contributed by atoms with Crippen LogP contribution in [0.5, 0.6) is 5.75 Å². The van der Waals surface area contributed by atoms with E-state index in [1.165, 1.54) is 12.1 Å². The Morgan fingerprint density at radius 2 is 2.38 bits per heavy atom. The molecular weight excluding hydrogens is 282 g/mol. The molecule has 0 radical (unpaired) electrons. The number of hydrogen-bond donors (Lipinski definition) is 1. The van der Waals surface area contributed by atoms with Gasteiger partial charge in [0, 0.05) is 6.54 Å². The molecule has 1 fully saturated rings. The number of ether oxygens (including phenoxy) is 2. The standard InChI is InChI=1S/C14H18F2N2O3/c1-17-8-13(19)18-5-6-20-12(9-18)10-3-2-4-11(7-10)21-14(15)16/h2-4,7,12,14,17H,5-6,8-9H2,1H3. The lowest BCUT2D eigenvalue weighted by atomic mass is 10.1. The van der Waals surface area contributed by atoms with E-state index in [1.807, 2.05) is 0 Å². The fourth-order valence-electron chi connectivity index (χ4n) is 2.23. The summed E-state index contributed by atoms with van der Waals surface area (Å²) < 4.78 is 34.5. The molecular formula is C14H18F2N2O3. The number of carbonyl (C=O) groups is 1. The van der Waals surface area contributed by atoms with E-state index in [1.54, 1.807) is 24.1 Å². The number of benzene rings is 1. The Kier molecular flexibility index (Phi) is 5.46. The number of morpholine rings is 1. The highest BCUT2D eigenvalue weighted by atomic mass is 19.3. The van der Waals surface area contributed by atoms with Crippen LogP contribution >= 0.6 is 0 Å². The van der Waals surface area contributed by atoms with Gasteiger partial charge in [0.15, 0.2) is 0 Å². The van der Waals surface area contributed by atoms with Crippen LogP contribution in [0.25, 0.3) is 0 Å². The normalized spacial score (nSPS) is 18.9. The molecule has 0 saturated carbocycles. The number of alkyl halides is 2. The minimum atomic E-state index is -2.86. The summed E-state index contributed by atoms with van der Waals surface area (Å²) >= 11 is 0. The van der Waals surface area contributed by atoms with Crippen molar-refractivity contribution in [3.8, 4) is 5.75 Å². The minimum absolute atomic E-state index is 0.00853. The number of likely N-dealkylation sites (N-methyl/N-ethyl adjacent to an activating group) is 1. The molecule has 2 rings (SSSR count). The maximum atomic E-state index is 12.2. The predicted octanol–water partition coefficient (Wildman–Crippen LogP) is 1.41. The van der Waals surface area contributed by atoms with Gasteiger partial charge in [-0.25, -0.2) is 0 Å². The minimum Gasteiger partial charge on any atom is -0.435 e. The highest BCUT2D eigenvalue weighted by Gasteiger charge is 2.25. The van der Waals surface area contributed by atoms with Gasteiger partial charge < -0.3 is 19.7 Å². The molecule has 1 aliphatic heterocycles. The van der Waals surface area contributed by atoms with Crippen LogP contribution in [0.4, 0.5) is 8.78 Å². The van der Waals surface area contributed by atoms with Gasteiger partial charge in [0.05, 0.1) is 19.7 Å². The summed E-state index contributed by atoms with van der Waals surface area (Å²) in [4.78, 5) is 13.6. The molecule has 0 aromatic heterocycles. The number of halogens is 2. The van der Waals surface area contributed by atoms with Crippen LogP contribution in [0.2, 0.25) is 0 Å². The van der Waals surface area contributed by atoms with E-state index < -0.39 is 6.61 Å². The Bertz CT molecular complexity index is 485. The molecule has 7 heteroatoms.